The lowest BCUT2D eigenvalue weighted by molar-refractivity contribution is -0.129. The van der Waals surface area contributed by atoms with E-state index in [1.54, 1.807) is 0 Å². The topological polar surface area (TPSA) is 63.6 Å². The molecule has 4 atom stereocenters. The van der Waals surface area contributed by atoms with E-state index < -0.39 is 0 Å². The van der Waals surface area contributed by atoms with Crippen LogP contribution >= 0.6 is 0 Å². The van der Waals surface area contributed by atoms with Crippen molar-refractivity contribution in [1.82, 2.24) is 0 Å². The number of fused-ring (bicyclic) bond motifs is 1. The number of phenols is 1. The van der Waals surface area contributed by atoms with Gasteiger partial charge in [0.25, 0.3) is 0 Å². The Bertz CT molecular complexity index is 807. The number of hydrogen-bond acceptors (Lipinski definition) is 4. The molecule has 1 aliphatic carbocycles. The van der Waals surface area contributed by atoms with Crippen molar-refractivity contribution >= 4 is 12.1 Å². The van der Waals surface area contributed by atoms with Gasteiger partial charge in [-0.1, -0.05) is 26.8 Å². The van der Waals surface area contributed by atoms with E-state index in [9.17, 15) is 14.7 Å². The van der Waals surface area contributed by atoms with Gasteiger partial charge in [0, 0.05) is 17.9 Å². The zero-order chi connectivity index (χ0) is 19.9. The number of aromatic hydroxyl groups is 1. The van der Waals surface area contributed by atoms with Crippen LogP contribution in [0.4, 0.5) is 0 Å². The number of benzene rings is 1. The molecule has 0 saturated heterocycles. The molecule has 146 valence electrons. The number of Topliss-reactive ketones (excluding diaryl/α,β-unsaturated/α-hetero) is 1. The molecule has 1 aliphatic heterocycles. The van der Waals surface area contributed by atoms with E-state index in [-0.39, 0.29) is 23.2 Å². The van der Waals surface area contributed by atoms with E-state index in [0.29, 0.717) is 35.9 Å². The third-order valence-corrected chi connectivity index (χ3v) is 7.16. The molecule has 2 aliphatic rings. The third kappa shape index (κ3) is 3.19. The van der Waals surface area contributed by atoms with Gasteiger partial charge in [-0.2, -0.15) is 0 Å². The lowest BCUT2D eigenvalue weighted by Crippen LogP contribution is -2.40. The Morgan fingerprint density at radius 1 is 1.15 bits per heavy atom. The summed E-state index contributed by atoms with van der Waals surface area (Å²) in [5.74, 6) is 1.50. The standard InChI is InChI=1S/C23H30O4/c1-13-6-9-20(25)16(4)23(13,5)11-10-17-7-8-18-21(26)15(3)14(2)19(12-24)22(18)27-17/h10-13,16-17,26H,6-9H2,1-5H3/b11-10+. The second-order valence-electron chi connectivity index (χ2n) is 8.49. The second kappa shape index (κ2) is 7.14. The van der Waals surface area contributed by atoms with Crippen LogP contribution in [0.1, 0.15) is 67.1 Å². The molecule has 4 heteroatoms. The van der Waals surface area contributed by atoms with Crippen molar-refractivity contribution in [3.63, 3.8) is 0 Å². The Morgan fingerprint density at radius 2 is 1.85 bits per heavy atom. The molecule has 0 bridgehead atoms. The van der Waals surface area contributed by atoms with Crippen LogP contribution < -0.4 is 4.74 Å². The van der Waals surface area contributed by atoms with E-state index in [1.165, 1.54) is 0 Å². The highest BCUT2D eigenvalue weighted by Crippen LogP contribution is 2.45. The predicted octanol–water partition coefficient (Wildman–Crippen LogP) is 4.71. The van der Waals surface area contributed by atoms with Gasteiger partial charge >= 0.3 is 0 Å². The molecule has 1 aromatic carbocycles. The van der Waals surface area contributed by atoms with Gasteiger partial charge in [0.05, 0.1) is 5.56 Å². The molecule has 1 heterocycles. The number of hydrogen-bond donors (Lipinski definition) is 1. The molecule has 1 fully saturated rings. The zero-order valence-electron chi connectivity index (χ0n) is 17.0. The van der Waals surface area contributed by atoms with E-state index >= 15 is 0 Å². The zero-order valence-corrected chi connectivity index (χ0v) is 17.0. The van der Waals surface area contributed by atoms with Crippen LogP contribution in [-0.2, 0) is 11.2 Å². The van der Waals surface area contributed by atoms with Crippen molar-refractivity contribution in [2.75, 3.05) is 0 Å². The molecule has 1 aromatic rings. The van der Waals surface area contributed by atoms with Gasteiger partial charge in [0.2, 0.25) is 0 Å². The third-order valence-electron chi connectivity index (χ3n) is 7.16. The average molecular weight is 370 g/mol. The summed E-state index contributed by atoms with van der Waals surface area (Å²) >= 11 is 0. The molecule has 0 amide bonds. The molecule has 1 saturated carbocycles. The summed E-state index contributed by atoms with van der Waals surface area (Å²) in [6.45, 7) is 10.0. The van der Waals surface area contributed by atoms with Crippen LogP contribution in [0.2, 0.25) is 0 Å². The number of ether oxygens (including phenoxy) is 1. The number of rotatable bonds is 3. The van der Waals surface area contributed by atoms with E-state index in [1.807, 2.05) is 20.8 Å². The first-order chi connectivity index (χ1) is 12.7. The lowest BCUT2D eigenvalue weighted by atomic mass is 9.61. The minimum atomic E-state index is -0.183. The van der Waals surface area contributed by atoms with Crippen LogP contribution in [0.5, 0.6) is 11.5 Å². The van der Waals surface area contributed by atoms with Crippen molar-refractivity contribution < 1.29 is 19.4 Å². The van der Waals surface area contributed by atoms with Crippen LogP contribution in [-0.4, -0.2) is 23.3 Å². The molecule has 3 rings (SSSR count). The van der Waals surface area contributed by atoms with Gasteiger partial charge in [0.1, 0.15) is 23.4 Å². The fourth-order valence-corrected chi connectivity index (χ4v) is 4.47. The van der Waals surface area contributed by atoms with Gasteiger partial charge < -0.3 is 9.84 Å². The van der Waals surface area contributed by atoms with Crippen LogP contribution in [0.25, 0.3) is 0 Å². The van der Waals surface area contributed by atoms with Gasteiger partial charge in [0.15, 0.2) is 6.29 Å². The number of ketones is 1. The fraction of sp³-hybridized carbons (Fsp3) is 0.565. The van der Waals surface area contributed by atoms with Gasteiger partial charge in [-0.3, -0.25) is 9.59 Å². The number of aldehydes is 1. The molecular formula is C23H30O4. The number of allylic oxidation sites excluding steroid dienone is 1. The lowest BCUT2D eigenvalue weighted by Gasteiger charge is -2.42. The second-order valence-corrected chi connectivity index (χ2v) is 8.49. The van der Waals surface area contributed by atoms with Crippen molar-refractivity contribution in [3.05, 3.63) is 34.4 Å². The maximum Gasteiger partial charge on any atom is 0.154 e. The van der Waals surface area contributed by atoms with Gasteiger partial charge in [-0.25, -0.2) is 0 Å². The van der Waals surface area contributed by atoms with Crippen LogP contribution in [0.15, 0.2) is 12.2 Å². The minimum absolute atomic E-state index is 0.00662. The first-order valence-corrected chi connectivity index (χ1v) is 9.89. The van der Waals surface area contributed by atoms with E-state index in [0.717, 1.165) is 35.8 Å². The number of carbonyl (C=O) groups excluding carboxylic acids is 2. The van der Waals surface area contributed by atoms with Gasteiger partial charge in [-0.05, 0) is 61.6 Å². The molecule has 4 nitrogen and oxygen atoms in total. The summed E-state index contributed by atoms with van der Waals surface area (Å²) in [4.78, 5) is 23.9. The molecule has 0 aromatic heterocycles. The van der Waals surface area contributed by atoms with E-state index in [4.69, 9.17) is 4.74 Å². The average Bonchev–Trinajstić information content (AvgIpc) is 2.66. The van der Waals surface area contributed by atoms with Crippen molar-refractivity contribution in [2.24, 2.45) is 17.3 Å². The van der Waals surface area contributed by atoms with Crippen LogP contribution in [0, 0.1) is 31.1 Å². The van der Waals surface area contributed by atoms with Crippen molar-refractivity contribution in [3.8, 4) is 11.5 Å². The molecular weight excluding hydrogens is 340 g/mol. The summed E-state index contributed by atoms with van der Waals surface area (Å²) in [6.07, 6.45) is 7.85. The Labute approximate surface area is 161 Å². The predicted molar refractivity (Wildman–Crippen MR) is 106 cm³/mol. The summed E-state index contributed by atoms with van der Waals surface area (Å²) in [6, 6.07) is 0. The molecule has 27 heavy (non-hydrogen) atoms. The molecule has 0 spiro atoms. The van der Waals surface area contributed by atoms with Crippen LogP contribution in [0.3, 0.4) is 0 Å². The highest BCUT2D eigenvalue weighted by atomic mass is 16.5. The Balaban J connectivity index is 1.89. The van der Waals surface area contributed by atoms with Gasteiger partial charge in [-0.15, -0.1) is 0 Å². The molecule has 1 N–H and O–H groups in total. The van der Waals surface area contributed by atoms with E-state index in [2.05, 4.69) is 26.0 Å². The molecule has 4 unspecified atom stereocenters. The summed E-state index contributed by atoms with van der Waals surface area (Å²) in [5.41, 5.74) is 2.57. The maximum absolute atomic E-state index is 12.2. The monoisotopic (exact) mass is 370 g/mol. The fourth-order valence-electron chi connectivity index (χ4n) is 4.47. The van der Waals surface area contributed by atoms with Crippen molar-refractivity contribution in [2.45, 2.75) is 66.4 Å². The Hall–Kier alpha value is -2.10. The largest absolute Gasteiger partial charge is 0.507 e. The number of carbonyl (C=O) groups is 2. The Kier molecular flexibility index (Phi) is 5.20. The SMILES string of the molecule is Cc1c(C)c(C=O)c2c(c1O)CCC(/C=C/C1(C)C(C)CCC(=O)C1C)O2. The quantitative estimate of drug-likeness (QED) is 0.618. The highest BCUT2D eigenvalue weighted by Gasteiger charge is 2.42. The minimum Gasteiger partial charge on any atom is -0.507 e. The molecule has 0 radical (unpaired) electrons. The first-order valence-electron chi connectivity index (χ1n) is 9.89. The summed E-state index contributed by atoms with van der Waals surface area (Å²) < 4.78 is 6.14. The van der Waals surface area contributed by atoms with Crippen molar-refractivity contribution in [1.29, 1.82) is 0 Å². The highest BCUT2D eigenvalue weighted by molar-refractivity contribution is 5.85. The number of phenolic OH excluding ortho intramolecular Hbond substituents is 1. The summed E-state index contributed by atoms with van der Waals surface area (Å²) in [7, 11) is 0. The first kappa shape index (κ1) is 19.7. The normalized spacial score (nSPS) is 30.9. The smallest absolute Gasteiger partial charge is 0.154 e. The Morgan fingerprint density at radius 3 is 2.52 bits per heavy atom. The maximum atomic E-state index is 12.2. The summed E-state index contributed by atoms with van der Waals surface area (Å²) in [5, 5.41) is 10.5.